The molecule has 3 rings (SSSR count). The molecule has 0 bridgehead atoms. The first-order valence-electron chi connectivity index (χ1n) is 8.48. The summed E-state index contributed by atoms with van der Waals surface area (Å²) >= 11 is 0. The lowest BCUT2D eigenvalue weighted by atomic mass is 10.1. The molecule has 0 spiro atoms. The lowest BCUT2D eigenvalue weighted by molar-refractivity contribution is -0.385. The molecule has 2 aromatic carbocycles. The Morgan fingerprint density at radius 3 is 1.69 bits per heavy atom. The van der Waals surface area contributed by atoms with E-state index in [0.717, 1.165) is 12.1 Å². The number of carbonyl (C=O) groups is 1. The summed E-state index contributed by atoms with van der Waals surface area (Å²) in [6.07, 6.45) is 0. The van der Waals surface area contributed by atoms with Crippen LogP contribution in [0, 0.1) is 20.2 Å². The first kappa shape index (κ1) is 20.4. The molecule has 0 aliphatic carbocycles. The Labute approximate surface area is 165 Å². The monoisotopic (exact) mass is 420 g/mol. The van der Waals surface area contributed by atoms with Crippen LogP contribution >= 0.6 is 0 Å². The lowest BCUT2D eigenvalue weighted by Gasteiger charge is -2.34. The van der Waals surface area contributed by atoms with Gasteiger partial charge < -0.3 is 4.90 Å². The fourth-order valence-electron chi connectivity index (χ4n) is 2.93. The number of nitro benzene ring substituents is 2. The van der Waals surface area contributed by atoms with Crippen LogP contribution in [-0.2, 0) is 10.0 Å². The zero-order valence-electron chi connectivity index (χ0n) is 15.0. The number of nitrogens with zero attached hydrogens (tertiary/aromatic N) is 4. The minimum absolute atomic E-state index is 0.0572. The van der Waals surface area contributed by atoms with Crippen molar-refractivity contribution in [2.24, 2.45) is 0 Å². The molecule has 1 amide bonds. The average Bonchev–Trinajstić information content (AvgIpc) is 2.73. The Morgan fingerprint density at radius 2 is 1.24 bits per heavy atom. The van der Waals surface area contributed by atoms with E-state index < -0.39 is 19.9 Å². The van der Waals surface area contributed by atoms with Gasteiger partial charge in [-0.2, -0.15) is 4.31 Å². The van der Waals surface area contributed by atoms with Gasteiger partial charge in [0.1, 0.15) is 0 Å². The maximum absolute atomic E-state index is 12.7. The summed E-state index contributed by atoms with van der Waals surface area (Å²) in [5.74, 6) is -0.340. The summed E-state index contributed by atoms with van der Waals surface area (Å²) in [7, 11) is -3.84. The minimum atomic E-state index is -3.84. The molecule has 1 heterocycles. The fraction of sp³-hybridized carbons (Fsp3) is 0.235. The van der Waals surface area contributed by atoms with E-state index in [2.05, 4.69) is 0 Å². The van der Waals surface area contributed by atoms with Gasteiger partial charge in [-0.25, -0.2) is 8.42 Å². The molecule has 1 saturated heterocycles. The second kappa shape index (κ2) is 7.93. The molecular weight excluding hydrogens is 404 g/mol. The van der Waals surface area contributed by atoms with Crippen LogP contribution in [0.5, 0.6) is 0 Å². The first-order valence-corrected chi connectivity index (χ1v) is 9.92. The number of non-ortho nitro benzene ring substituents is 2. The molecule has 0 saturated carbocycles. The second-order valence-electron chi connectivity index (χ2n) is 6.25. The Balaban J connectivity index is 1.66. The molecule has 1 aliphatic rings. The molecule has 0 atom stereocenters. The number of nitro groups is 2. The van der Waals surface area contributed by atoms with E-state index >= 15 is 0 Å². The second-order valence-corrected chi connectivity index (χ2v) is 8.19. The molecule has 152 valence electrons. The largest absolute Gasteiger partial charge is 0.336 e. The van der Waals surface area contributed by atoms with Crippen molar-refractivity contribution in [1.29, 1.82) is 0 Å². The van der Waals surface area contributed by atoms with Gasteiger partial charge >= 0.3 is 0 Å². The third-order valence-corrected chi connectivity index (χ3v) is 6.45. The summed E-state index contributed by atoms with van der Waals surface area (Å²) in [5, 5.41) is 21.4. The summed E-state index contributed by atoms with van der Waals surface area (Å²) in [6.45, 7) is 0.445. The van der Waals surface area contributed by atoms with Gasteiger partial charge in [0, 0.05) is 56.0 Å². The Bertz CT molecular complexity index is 1040. The number of amides is 1. The van der Waals surface area contributed by atoms with E-state index in [0.29, 0.717) is 0 Å². The molecule has 11 nitrogen and oxygen atoms in total. The van der Waals surface area contributed by atoms with Gasteiger partial charge in [-0.3, -0.25) is 25.0 Å². The molecule has 1 fully saturated rings. The van der Waals surface area contributed by atoms with Crippen molar-refractivity contribution < 1.29 is 23.1 Å². The summed E-state index contributed by atoms with van der Waals surface area (Å²) < 4.78 is 26.6. The molecule has 0 N–H and O–H groups in total. The highest BCUT2D eigenvalue weighted by atomic mass is 32.2. The molecule has 2 aromatic rings. The van der Waals surface area contributed by atoms with E-state index in [1.807, 2.05) is 0 Å². The average molecular weight is 420 g/mol. The summed E-state index contributed by atoms with van der Waals surface area (Å²) in [5.41, 5.74) is -0.0506. The van der Waals surface area contributed by atoms with Gasteiger partial charge in [-0.1, -0.05) is 0 Å². The molecular formula is C17H16N4O7S. The number of carbonyl (C=O) groups excluding carboxylic acids is 1. The first-order chi connectivity index (χ1) is 13.7. The van der Waals surface area contributed by atoms with Crippen molar-refractivity contribution >= 4 is 27.3 Å². The number of piperazine rings is 1. The minimum Gasteiger partial charge on any atom is -0.336 e. The number of benzene rings is 2. The van der Waals surface area contributed by atoms with Crippen molar-refractivity contribution in [1.82, 2.24) is 9.21 Å². The summed E-state index contributed by atoms with van der Waals surface area (Å²) in [4.78, 5) is 34.2. The lowest BCUT2D eigenvalue weighted by Crippen LogP contribution is -2.50. The van der Waals surface area contributed by atoms with Crippen LogP contribution in [0.25, 0.3) is 0 Å². The highest BCUT2D eigenvalue weighted by molar-refractivity contribution is 7.89. The molecule has 1 aliphatic heterocycles. The standard InChI is InChI=1S/C17H16N4O7S/c22-17(13-1-3-14(4-2-13)20(23)24)18-9-11-19(12-10-18)29(27,28)16-7-5-15(6-8-16)21(25)26/h1-8H,9-12H2. The van der Waals surface area contributed by atoms with Crippen molar-refractivity contribution in [2.45, 2.75) is 4.90 Å². The van der Waals surface area contributed by atoms with Crippen LogP contribution in [0.3, 0.4) is 0 Å². The van der Waals surface area contributed by atoms with E-state index in [9.17, 15) is 33.4 Å². The van der Waals surface area contributed by atoms with E-state index in [1.54, 1.807) is 0 Å². The smallest absolute Gasteiger partial charge is 0.269 e. The fourth-order valence-corrected chi connectivity index (χ4v) is 4.35. The van der Waals surface area contributed by atoms with Gasteiger partial charge in [0.2, 0.25) is 10.0 Å². The molecule has 0 unspecified atom stereocenters. The predicted octanol–water partition coefficient (Wildman–Crippen LogP) is 1.65. The van der Waals surface area contributed by atoms with Gasteiger partial charge in [-0.15, -0.1) is 0 Å². The predicted molar refractivity (Wildman–Crippen MR) is 101 cm³/mol. The van der Waals surface area contributed by atoms with Crippen LogP contribution in [0.15, 0.2) is 53.4 Å². The zero-order valence-corrected chi connectivity index (χ0v) is 15.8. The molecule has 12 heteroatoms. The molecule has 29 heavy (non-hydrogen) atoms. The number of hydrogen-bond acceptors (Lipinski definition) is 7. The van der Waals surface area contributed by atoms with Gasteiger partial charge in [0.05, 0.1) is 14.7 Å². The van der Waals surface area contributed by atoms with Crippen molar-refractivity contribution in [2.75, 3.05) is 26.2 Å². The van der Waals surface area contributed by atoms with Gasteiger partial charge in [-0.05, 0) is 24.3 Å². The van der Waals surface area contributed by atoms with E-state index in [-0.39, 0.29) is 53.9 Å². The Morgan fingerprint density at radius 1 is 0.793 bits per heavy atom. The Hall–Kier alpha value is -3.38. The third kappa shape index (κ3) is 4.22. The SMILES string of the molecule is O=C(c1ccc([N+](=O)[O-])cc1)N1CCN(S(=O)(=O)c2ccc([N+](=O)[O-])cc2)CC1. The highest BCUT2D eigenvalue weighted by Crippen LogP contribution is 2.21. The van der Waals surface area contributed by atoms with Crippen LogP contribution < -0.4 is 0 Å². The quantitative estimate of drug-likeness (QED) is 0.528. The van der Waals surface area contributed by atoms with Crippen molar-refractivity contribution in [3.63, 3.8) is 0 Å². The van der Waals surface area contributed by atoms with Crippen LogP contribution in [0.1, 0.15) is 10.4 Å². The van der Waals surface area contributed by atoms with E-state index in [4.69, 9.17) is 0 Å². The highest BCUT2D eigenvalue weighted by Gasteiger charge is 2.30. The van der Waals surface area contributed by atoms with E-state index in [1.165, 1.54) is 45.6 Å². The van der Waals surface area contributed by atoms with Crippen LogP contribution in [0.4, 0.5) is 11.4 Å². The van der Waals surface area contributed by atoms with Crippen molar-refractivity contribution in [3.05, 3.63) is 74.3 Å². The van der Waals surface area contributed by atoms with Crippen molar-refractivity contribution in [3.8, 4) is 0 Å². The van der Waals surface area contributed by atoms with Crippen LogP contribution in [-0.4, -0.2) is 59.6 Å². The van der Waals surface area contributed by atoms with Gasteiger partial charge in [0.15, 0.2) is 0 Å². The molecule has 0 aromatic heterocycles. The normalized spacial score (nSPS) is 15.1. The number of hydrogen-bond donors (Lipinski definition) is 0. The topological polar surface area (TPSA) is 144 Å². The third-order valence-electron chi connectivity index (χ3n) is 4.54. The molecule has 0 radical (unpaired) electrons. The number of sulfonamides is 1. The van der Waals surface area contributed by atoms with Crippen LogP contribution in [0.2, 0.25) is 0 Å². The maximum Gasteiger partial charge on any atom is 0.269 e. The number of rotatable bonds is 5. The maximum atomic E-state index is 12.7. The summed E-state index contributed by atoms with van der Waals surface area (Å²) in [6, 6.07) is 9.82. The van der Waals surface area contributed by atoms with Gasteiger partial charge in [0.25, 0.3) is 17.3 Å². The zero-order chi connectivity index (χ0) is 21.2. The Kier molecular flexibility index (Phi) is 5.57.